The first-order chi connectivity index (χ1) is 10.3. The molecule has 7 nitrogen and oxygen atoms in total. The fraction of sp³-hybridized carbons (Fsp3) is 0.333. The number of hydrogen-bond acceptors (Lipinski definition) is 5. The van der Waals surface area contributed by atoms with E-state index in [4.69, 9.17) is 4.42 Å². The highest BCUT2D eigenvalue weighted by atomic mass is 19.4. The number of hydrogen-bond donors (Lipinski definition) is 0. The summed E-state index contributed by atoms with van der Waals surface area (Å²) in [6.07, 6.45) is -2.81. The van der Waals surface area contributed by atoms with Crippen LogP contribution >= 0.6 is 0 Å². The van der Waals surface area contributed by atoms with Gasteiger partial charge >= 0.3 is 6.18 Å². The fourth-order valence-corrected chi connectivity index (χ4v) is 2.08. The van der Waals surface area contributed by atoms with Crippen LogP contribution in [0.1, 0.15) is 11.4 Å². The molecule has 0 aromatic carbocycles. The van der Waals surface area contributed by atoms with Crippen molar-refractivity contribution in [1.82, 2.24) is 29.8 Å². The third kappa shape index (κ3) is 2.36. The summed E-state index contributed by atoms with van der Waals surface area (Å²) in [6.45, 7) is 1.77. The Labute approximate surface area is 122 Å². The summed E-state index contributed by atoms with van der Waals surface area (Å²) in [6, 6.07) is 0.868. The minimum absolute atomic E-state index is 0.0323. The molecule has 0 aliphatic carbocycles. The van der Waals surface area contributed by atoms with Gasteiger partial charge in [-0.05, 0) is 6.92 Å². The number of rotatable bonds is 2. The van der Waals surface area contributed by atoms with E-state index in [1.807, 2.05) is 0 Å². The van der Waals surface area contributed by atoms with Crippen LogP contribution in [-0.2, 0) is 20.3 Å². The van der Waals surface area contributed by atoms with Crippen molar-refractivity contribution in [2.75, 3.05) is 0 Å². The minimum atomic E-state index is -4.50. The second kappa shape index (κ2) is 4.68. The van der Waals surface area contributed by atoms with Crippen LogP contribution in [0.4, 0.5) is 13.2 Å². The van der Waals surface area contributed by atoms with E-state index in [0.29, 0.717) is 11.3 Å². The molecule has 0 N–H and O–H groups in total. The smallest absolute Gasteiger partial charge is 0.414 e. The largest absolute Gasteiger partial charge is 0.433 e. The van der Waals surface area contributed by atoms with Gasteiger partial charge in [0.25, 0.3) is 11.8 Å². The van der Waals surface area contributed by atoms with Gasteiger partial charge in [-0.25, -0.2) is 0 Å². The maximum atomic E-state index is 12.8. The zero-order valence-electron chi connectivity index (χ0n) is 11.9. The van der Waals surface area contributed by atoms with E-state index in [-0.39, 0.29) is 17.5 Å². The molecule has 0 spiro atoms. The van der Waals surface area contributed by atoms with E-state index in [2.05, 4.69) is 20.4 Å². The summed E-state index contributed by atoms with van der Waals surface area (Å²) in [5.74, 6) is 0.101. The first kappa shape index (κ1) is 14.3. The predicted octanol–water partition coefficient (Wildman–Crippen LogP) is 2.20. The third-order valence-corrected chi connectivity index (χ3v) is 3.06. The first-order valence-corrected chi connectivity index (χ1v) is 6.21. The molecular formula is C12H11F3N6O. The van der Waals surface area contributed by atoms with Crippen LogP contribution in [0.2, 0.25) is 0 Å². The maximum absolute atomic E-state index is 12.8. The summed E-state index contributed by atoms with van der Waals surface area (Å²) in [5.41, 5.74) is 0.373. The van der Waals surface area contributed by atoms with Crippen molar-refractivity contribution in [3.05, 3.63) is 23.7 Å². The van der Waals surface area contributed by atoms with Crippen molar-refractivity contribution < 1.29 is 17.6 Å². The van der Waals surface area contributed by atoms with Gasteiger partial charge in [0, 0.05) is 26.4 Å². The van der Waals surface area contributed by atoms with Crippen LogP contribution in [0.5, 0.6) is 0 Å². The lowest BCUT2D eigenvalue weighted by molar-refractivity contribution is -0.143. The molecule has 3 aromatic rings. The molecule has 3 heterocycles. The summed E-state index contributed by atoms with van der Waals surface area (Å²) < 4.78 is 46.0. The Morgan fingerprint density at radius 1 is 1.09 bits per heavy atom. The van der Waals surface area contributed by atoms with E-state index < -0.39 is 11.9 Å². The molecule has 0 aliphatic heterocycles. The molecule has 3 aromatic heterocycles. The van der Waals surface area contributed by atoms with Crippen LogP contribution < -0.4 is 0 Å². The molecule has 3 rings (SSSR count). The van der Waals surface area contributed by atoms with E-state index in [1.54, 1.807) is 24.9 Å². The minimum Gasteiger partial charge on any atom is -0.414 e. The highest BCUT2D eigenvalue weighted by Gasteiger charge is 2.35. The first-order valence-electron chi connectivity index (χ1n) is 6.21. The number of halogens is 3. The summed E-state index contributed by atoms with van der Waals surface area (Å²) >= 11 is 0. The normalized spacial score (nSPS) is 12.1. The average molecular weight is 312 g/mol. The van der Waals surface area contributed by atoms with Crippen LogP contribution in [0, 0.1) is 6.92 Å². The van der Waals surface area contributed by atoms with Gasteiger partial charge < -0.3 is 4.42 Å². The molecule has 0 amide bonds. The van der Waals surface area contributed by atoms with Crippen molar-refractivity contribution in [3.8, 4) is 23.0 Å². The Balaban J connectivity index is 2.00. The standard InChI is InChI=1S/C12H11F3N6O/c1-6-7(5-20(2)18-6)10-16-17-11(22-10)8-4-9(12(13,14)15)21(3)19-8/h4-5H,1-3H3. The van der Waals surface area contributed by atoms with E-state index in [9.17, 15) is 13.2 Å². The van der Waals surface area contributed by atoms with Gasteiger partial charge in [-0.3, -0.25) is 9.36 Å². The van der Waals surface area contributed by atoms with E-state index in [0.717, 1.165) is 10.7 Å². The van der Waals surface area contributed by atoms with Crippen molar-refractivity contribution in [2.24, 2.45) is 14.1 Å². The second-order valence-electron chi connectivity index (χ2n) is 4.75. The number of aromatic nitrogens is 6. The number of aryl methyl sites for hydroxylation is 3. The monoisotopic (exact) mass is 312 g/mol. The van der Waals surface area contributed by atoms with Gasteiger partial charge in [-0.2, -0.15) is 23.4 Å². The lowest BCUT2D eigenvalue weighted by Gasteiger charge is -2.04. The van der Waals surface area contributed by atoms with Crippen LogP contribution in [-0.4, -0.2) is 29.8 Å². The molecule has 0 radical (unpaired) electrons. The predicted molar refractivity (Wildman–Crippen MR) is 68.4 cm³/mol. The van der Waals surface area contributed by atoms with E-state index in [1.165, 1.54) is 7.05 Å². The topological polar surface area (TPSA) is 74.6 Å². The molecule has 10 heteroatoms. The zero-order chi connectivity index (χ0) is 16.1. The Kier molecular flexibility index (Phi) is 3.04. The fourth-order valence-electron chi connectivity index (χ4n) is 2.08. The molecule has 0 bridgehead atoms. The second-order valence-corrected chi connectivity index (χ2v) is 4.75. The SMILES string of the molecule is Cc1nn(C)cc1-c1nnc(-c2cc(C(F)(F)F)n(C)n2)o1. The van der Waals surface area contributed by atoms with Gasteiger partial charge in [0.2, 0.25) is 0 Å². The van der Waals surface area contributed by atoms with Crippen LogP contribution in [0.3, 0.4) is 0 Å². The molecule has 0 atom stereocenters. The van der Waals surface area contributed by atoms with Gasteiger partial charge in [0.05, 0.1) is 11.3 Å². The molecule has 0 unspecified atom stereocenters. The highest BCUT2D eigenvalue weighted by molar-refractivity contribution is 5.57. The van der Waals surface area contributed by atoms with Crippen molar-refractivity contribution in [2.45, 2.75) is 13.1 Å². The summed E-state index contributed by atoms with van der Waals surface area (Å²) in [4.78, 5) is 0. The third-order valence-electron chi connectivity index (χ3n) is 3.06. The number of nitrogens with zero attached hydrogens (tertiary/aromatic N) is 6. The van der Waals surface area contributed by atoms with Crippen LogP contribution in [0.15, 0.2) is 16.7 Å². The lowest BCUT2D eigenvalue weighted by atomic mass is 10.3. The maximum Gasteiger partial charge on any atom is 0.433 e. The summed E-state index contributed by atoms with van der Waals surface area (Å²) in [7, 11) is 2.94. The Morgan fingerprint density at radius 3 is 2.32 bits per heavy atom. The molecule has 0 saturated carbocycles. The highest BCUT2D eigenvalue weighted by Crippen LogP contribution is 2.32. The zero-order valence-corrected chi connectivity index (χ0v) is 11.9. The molecule has 116 valence electrons. The van der Waals surface area contributed by atoms with Crippen molar-refractivity contribution in [1.29, 1.82) is 0 Å². The molecule has 22 heavy (non-hydrogen) atoms. The Hall–Kier alpha value is -2.65. The average Bonchev–Trinajstić information content (AvgIpc) is 3.06. The molecule has 0 saturated heterocycles. The van der Waals surface area contributed by atoms with Gasteiger partial charge in [0.1, 0.15) is 11.4 Å². The quantitative estimate of drug-likeness (QED) is 0.725. The van der Waals surface area contributed by atoms with Gasteiger partial charge in [-0.1, -0.05) is 0 Å². The molecule has 0 fully saturated rings. The van der Waals surface area contributed by atoms with Crippen molar-refractivity contribution in [3.63, 3.8) is 0 Å². The lowest BCUT2D eigenvalue weighted by Crippen LogP contribution is -2.11. The Bertz CT molecular complexity index is 828. The van der Waals surface area contributed by atoms with Gasteiger partial charge in [-0.15, -0.1) is 10.2 Å². The van der Waals surface area contributed by atoms with Crippen LogP contribution in [0.25, 0.3) is 23.0 Å². The van der Waals surface area contributed by atoms with Gasteiger partial charge in [0.15, 0.2) is 0 Å². The molecule has 0 aliphatic rings. The van der Waals surface area contributed by atoms with Crippen molar-refractivity contribution >= 4 is 0 Å². The number of alkyl halides is 3. The van der Waals surface area contributed by atoms with E-state index >= 15 is 0 Å². The summed E-state index contributed by atoms with van der Waals surface area (Å²) in [5, 5.41) is 15.5. The molecular weight excluding hydrogens is 301 g/mol. The Morgan fingerprint density at radius 2 is 1.77 bits per heavy atom.